The van der Waals surface area contributed by atoms with E-state index in [-0.39, 0.29) is 42.7 Å². The number of rotatable bonds is 14. The van der Waals surface area contributed by atoms with Gasteiger partial charge in [-0.15, -0.1) is 0 Å². The average Bonchev–Trinajstić information content (AvgIpc) is 0.733. The predicted octanol–water partition coefficient (Wildman–Crippen LogP) is 19.4. The minimum absolute atomic E-state index is 0. The molecule has 2 N–H and O–H groups in total. The van der Waals surface area contributed by atoms with Crippen molar-refractivity contribution >= 4 is 177 Å². The van der Waals surface area contributed by atoms with Gasteiger partial charge in [0.2, 0.25) is 0 Å². The molecule has 12 heteroatoms. The van der Waals surface area contributed by atoms with E-state index in [0.29, 0.717) is 0 Å². The van der Waals surface area contributed by atoms with Gasteiger partial charge in [0.25, 0.3) is 0 Å². The zero-order valence-corrected chi connectivity index (χ0v) is 74.1. The second-order valence-electron chi connectivity index (χ2n) is 27.1. The van der Waals surface area contributed by atoms with Crippen molar-refractivity contribution in [3.63, 3.8) is 0 Å². The molecule has 0 saturated carbocycles. The van der Waals surface area contributed by atoms with E-state index in [4.69, 9.17) is 38.8 Å². The van der Waals surface area contributed by atoms with Gasteiger partial charge in [-0.2, -0.15) is 0 Å². The molecule has 0 fully saturated rings. The summed E-state index contributed by atoms with van der Waals surface area (Å²) in [6.45, 7) is 18.2. The normalized spacial score (nSPS) is 11.3. The molecule has 0 radical (unpaired) electrons. The Labute approximate surface area is 694 Å². The van der Waals surface area contributed by atoms with Crippen LogP contribution in [-0.4, -0.2) is 14.1 Å². The van der Waals surface area contributed by atoms with Crippen LogP contribution in [0.4, 0.5) is 0 Å². The summed E-state index contributed by atoms with van der Waals surface area (Å²) in [5, 5.41) is 29.2. The Morgan fingerprint density at radius 3 is 0.627 bits per heavy atom. The third-order valence-corrected chi connectivity index (χ3v) is 30.9. The van der Waals surface area contributed by atoms with Crippen LogP contribution in [0.25, 0.3) is 65.3 Å². The van der Waals surface area contributed by atoms with Crippen LogP contribution in [0.2, 0.25) is 0 Å². The standard InChI is InChI=1S/2C48H40P2.C2H7N.5ClH.2Ru/c1-33-17-5-13-25-41(33)49(42-26-14-6-18-34(42)2)45-31-29-37-21-9-11-23-39(37)47(45)48-40-24-12-10-22-38(40)30-32-46(48)50(43-27-15-7-19-35(43)3)44-28-16-8-20-36(44)4;1-33-16-15-22-39(32-33)49(42-25-12-5-17-34(42)2)45-30-28-37-20-8-10-23-40(37)47(45)48-41-24-11-9-21-38(41)29-31-46(48)50(43-26-13-6-18-35(43)3)44-27-14-7-19-36(44)4;1-3-2;;;;;;;/h2*5-32H,1-4H3;3H,1-2H3;5*1H;;/q;;;;;;;;2*+2/p-4. The van der Waals surface area contributed by atoms with E-state index in [1.54, 1.807) is 0 Å². The average molecular weight is 1780 g/mol. The molecular weight excluding hydrogens is 1690 g/mol. The molecule has 0 amide bonds. The maximum absolute atomic E-state index is 4.85. The third-order valence-electron chi connectivity index (χ3n) is 19.8. The molecule has 0 aliphatic rings. The number of benzene rings is 16. The molecule has 1 unspecified atom stereocenters. The molecule has 0 bridgehead atoms. The molecule has 0 aliphatic carbocycles. The van der Waals surface area contributed by atoms with Crippen LogP contribution in [0.3, 0.4) is 0 Å². The van der Waals surface area contributed by atoms with Crippen LogP contribution >= 0.6 is 70.5 Å². The van der Waals surface area contributed by atoms with Gasteiger partial charge in [-0.1, -0.05) is 345 Å². The molecule has 0 aromatic heterocycles. The molecule has 0 saturated heterocycles. The van der Waals surface area contributed by atoms with Crippen LogP contribution in [0.15, 0.2) is 340 Å². The van der Waals surface area contributed by atoms with Crippen molar-refractivity contribution in [3.05, 3.63) is 384 Å². The number of hydrogen-bond acceptors (Lipinski definition) is 0. The molecule has 0 heterocycles. The SMILES string of the molecule is C[NH2+]C.Cc1cccc(P(c2ccccc2C)c2ccc3ccccc3c2-c2c(P(c3ccccc3C)c3ccccc3C)ccc3ccccc23)c1.Cc1ccccc1P(c1ccccc1C)c1ccc2ccccc2c1-c1c(P(c2ccccc2C)c2ccccc2C)ccc2ccccc12.[Cl-].[Cl][Ru][Cl].[Cl][Ru][Cl]. The summed E-state index contributed by atoms with van der Waals surface area (Å²) < 4.78 is 0. The zero-order valence-electron chi connectivity index (χ0n) is 63.3. The van der Waals surface area contributed by atoms with E-state index in [2.05, 4.69) is 395 Å². The van der Waals surface area contributed by atoms with E-state index >= 15 is 0 Å². The number of quaternary nitrogens is 1. The first-order chi connectivity index (χ1) is 53.2. The van der Waals surface area contributed by atoms with Gasteiger partial charge >= 0.3 is 69.1 Å². The van der Waals surface area contributed by atoms with Crippen LogP contribution in [0.1, 0.15) is 44.5 Å². The second kappa shape index (κ2) is 40.6. The number of aryl methyl sites for hydroxylation is 8. The monoisotopic (exact) mass is 1780 g/mol. The molecule has 16 aromatic rings. The van der Waals surface area contributed by atoms with Gasteiger partial charge < -0.3 is 17.7 Å². The fourth-order valence-corrected chi connectivity index (χ4v) is 26.0. The Hall–Kier alpha value is -7.06. The Morgan fingerprint density at radius 1 is 0.218 bits per heavy atom. The quantitative estimate of drug-likeness (QED) is 0.0825. The Bertz CT molecular complexity index is 5520. The van der Waals surface area contributed by atoms with Crippen molar-refractivity contribution < 1.29 is 48.0 Å². The van der Waals surface area contributed by atoms with Crippen LogP contribution in [0, 0.1) is 55.4 Å². The number of fused-ring (bicyclic) bond motifs is 4. The molecular formula is C98H88Cl5NP4Ru2. The third kappa shape index (κ3) is 18.7. The van der Waals surface area contributed by atoms with E-state index in [9.17, 15) is 0 Å². The van der Waals surface area contributed by atoms with Gasteiger partial charge in [-0.3, -0.25) is 0 Å². The molecule has 16 rings (SSSR count). The topological polar surface area (TPSA) is 16.6 Å². The predicted molar refractivity (Wildman–Crippen MR) is 484 cm³/mol. The Kier molecular flexibility index (Phi) is 31.0. The van der Waals surface area contributed by atoms with Gasteiger partial charge in [-0.25, -0.2) is 0 Å². The Balaban J connectivity index is 0.000000196. The number of hydrogen-bond donors (Lipinski definition) is 1. The van der Waals surface area contributed by atoms with Gasteiger partial charge in [-0.05, 0) is 255 Å². The Morgan fingerprint density at radius 2 is 0.409 bits per heavy atom. The summed E-state index contributed by atoms with van der Waals surface area (Å²) in [6, 6.07) is 128. The molecule has 556 valence electrons. The van der Waals surface area contributed by atoms with E-state index in [1.807, 2.05) is 19.4 Å². The summed E-state index contributed by atoms with van der Waals surface area (Å²) in [6.07, 6.45) is 0. The van der Waals surface area contributed by atoms with Crippen LogP contribution in [-0.2, 0) is 30.3 Å². The van der Waals surface area contributed by atoms with Gasteiger partial charge in [0.05, 0.1) is 14.1 Å². The molecule has 110 heavy (non-hydrogen) atoms. The van der Waals surface area contributed by atoms with Crippen molar-refractivity contribution in [2.45, 2.75) is 55.4 Å². The number of nitrogens with two attached hydrogens (primary N) is 1. The molecule has 1 nitrogen and oxygen atoms in total. The fraction of sp³-hybridized carbons (Fsp3) is 0.102. The summed E-state index contributed by atoms with van der Waals surface area (Å²) in [4.78, 5) is 0. The fourth-order valence-electron chi connectivity index (χ4n) is 14.9. The molecule has 1 atom stereocenters. The van der Waals surface area contributed by atoms with Crippen molar-refractivity contribution in [1.29, 1.82) is 0 Å². The molecule has 0 aliphatic heterocycles. The maximum atomic E-state index is 4.85. The van der Waals surface area contributed by atoms with Crippen molar-refractivity contribution in [2.24, 2.45) is 0 Å². The second-order valence-corrected chi connectivity index (χ2v) is 40.9. The van der Waals surface area contributed by atoms with E-state index < -0.39 is 31.7 Å². The van der Waals surface area contributed by atoms with Crippen molar-refractivity contribution in [3.8, 4) is 22.3 Å². The molecule has 0 spiro atoms. The molecule has 16 aromatic carbocycles. The van der Waals surface area contributed by atoms with Crippen molar-refractivity contribution in [2.75, 3.05) is 14.1 Å². The summed E-state index contributed by atoms with van der Waals surface area (Å²) in [7, 11) is 19.8. The zero-order chi connectivity index (χ0) is 76.5. The first kappa shape index (κ1) is 83.9. The van der Waals surface area contributed by atoms with Crippen LogP contribution in [0.5, 0.6) is 0 Å². The summed E-state index contributed by atoms with van der Waals surface area (Å²) in [5.74, 6) is 0. The summed E-state index contributed by atoms with van der Waals surface area (Å²) >= 11 is -0.691. The minimum atomic E-state index is -0.906. The van der Waals surface area contributed by atoms with Crippen LogP contribution < -0.4 is 81.4 Å². The van der Waals surface area contributed by atoms with E-state index in [0.717, 1.165) is 0 Å². The van der Waals surface area contributed by atoms with Gasteiger partial charge in [0.15, 0.2) is 0 Å². The van der Waals surface area contributed by atoms with Gasteiger partial charge in [0, 0.05) is 0 Å². The first-order valence-corrected chi connectivity index (χ1v) is 50.8. The number of halogens is 5. The first-order valence-electron chi connectivity index (χ1n) is 36.4. The van der Waals surface area contributed by atoms with Gasteiger partial charge in [0.1, 0.15) is 0 Å². The van der Waals surface area contributed by atoms with Crippen molar-refractivity contribution in [1.82, 2.24) is 0 Å². The summed E-state index contributed by atoms with van der Waals surface area (Å²) in [5.41, 5.74) is 16.1. The van der Waals surface area contributed by atoms with E-state index in [1.165, 1.54) is 174 Å².